The highest BCUT2D eigenvalue weighted by Gasteiger charge is 2.14. The fourth-order valence-corrected chi connectivity index (χ4v) is 2.61. The van der Waals surface area contributed by atoms with E-state index in [9.17, 15) is 0 Å². The zero-order valence-corrected chi connectivity index (χ0v) is 12.7. The maximum absolute atomic E-state index is 5.09. The minimum Gasteiger partial charge on any atom is -0.383 e. The van der Waals surface area contributed by atoms with Gasteiger partial charge in [0.1, 0.15) is 0 Å². The fourth-order valence-electron chi connectivity index (χ4n) is 2.61. The lowest BCUT2D eigenvalue weighted by atomic mass is 9.87. The van der Waals surface area contributed by atoms with Crippen molar-refractivity contribution < 1.29 is 4.74 Å². The Morgan fingerprint density at radius 2 is 1.95 bits per heavy atom. The third-order valence-corrected chi connectivity index (χ3v) is 3.61. The number of hydrogen-bond acceptors (Lipinski definition) is 2. The summed E-state index contributed by atoms with van der Waals surface area (Å²) < 4.78 is 5.09. The molecule has 0 aliphatic heterocycles. The third-order valence-electron chi connectivity index (χ3n) is 3.61. The monoisotopic (exact) mass is 263 g/mol. The number of methoxy groups -OCH3 is 1. The van der Waals surface area contributed by atoms with Crippen LogP contribution in [0.4, 0.5) is 0 Å². The van der Waals surface area contributed by atoms with Gasteiger partial charge in [0, 0.05) is 20.2 Å². The summed E-state index contributed by atoms with van der Waals surface area (Å²) in [5, 5.41) is 3.51. The predicted octanol–water partition coefficient (Wildman–Crippen LogP) is 3.83. The lowest BCUT2D eigenvalue weighted by Crippen LogP contribution is -2.26. The van der Waals surface area contributed by atoms with E-state index in [0.29, 0.717) is 5.92 Å². The van der Waals surface area contributed by atoms with Crippen molar-refractivity contribution in [3.05, 3.63) is 35.9 Å². The summed E-state index contributed by atoms with van der Waals surface area (Å²) in [7, 11) is 1.75. The van der Waals surface area contributed by atoms with Crippen LogP contribution in [0.1, 0.15) is 44.6 Å². The van der Waals surface area contributed by atoms with Crippen LogP contribution in [0.15, 0.2) is 30.3 Å². The van der Waals surface area contributed by atoms with Crippen molar-refractivity contribution in [2.75, 3.05) is 26.8 Å². The van der Waals surface area contributed by atoms with Crippen molar-refractivity contribution in [3.8, 4) is 0 Å². The van der Waals surface area contributed by atoms with E-state index >= 15 is 0 Å². The Morgan fingerprint density at radius 3 is 2.58 bits per heavy atom. The van der Waals surface area contributed by atoms with E-state index < -0.39 is 0 Å². The number of hydrogen-bond donors (Lipinski definition) is 1. The molecule has 2 unspecified atom stereocenters. The Labute approximate surface area is 118 Å². The molecule has 0 radical (unpaired) electrons. The van der Waals surface area contributed by atoms with Gasteiger partial charge in [0.15, 0.2) is 0 Å². The first-order valence-corrected chi connectivity index (χ1v) is 7.52. The Morgan fingerprint density at radius 1 is 1.21 bits per heavy atom. The summed E-state index contributed by atoms with van der Waals surface area (Å²) in [6.07, 6.45) is 3.86. The van der Waals surface area contributed by atoms with Gasteiger partial charge in [-0.3, -0.25) is 0 Å². The zero-order valence-electron chi connectivity index (χ0n) is 12.7. The number of ether oxygens (including phenoxy) is 1. The highest BCUT2D eigenvalue weighted by atomic mass is 16.5. The molecule has 0 saturated carbocycles. The van der Waals surface area contributed by atoms with Crippen LogP contribution in [-0.2, 0) is 4.74 Å². The zero-order chi connectivity index (χ0) is 13.9. The molecule has 0 aromatic heterocycles. The van der Waals surface area contributed by atoms with Crippen LogP contribution in [0.3, 0.4) is 0 Å². The van der Waals surface area contributed by atoms with Gasteiger partial charge in [-0.25, -0.2) is 0 Å². The molecule has 0 amide bonds. The topological polar surface area (TPSA) is 21.3 Å². The molecule has 1 aromatic carbocycles. The van der Waals surface area contributed by atoms with Gasteiger partial charge in [-0.15, -0.1) is 0 Å². The minimum atomic E-state index is 0.611. The molecule has 0 fully saturated rings. The van der Waals surface area contributed by atoms with Crippen LogP contribution in [-0.4, -0.2) is 26.8 Å². The molecular weight excluding hydrogens is 234 g/mol. The second-order valence-electron chi connectivity index (χ2n) is 5.43. The average Bonchev–Trinajstić information content (AvgIpc) is 2.43. The Bertz CT molecular complexity index is 312. The molecule has 0 spiro atoms. The molecule has 1 rings (SSSR count). The summed E-state index contributed by atoms with van der Waals surface area (Å²) in [6, 6.07) is 10.9. The van der Waals surface area contributed by atoms with Gasteiger partial charge >= 0.3 is 0 Å². The third kappa shape index (κ3) is 6.74. The normalized spacial score (nSPS) is 14.3. The number of benzene rings is 1. The maximum atomic E-state index is 5.09. The second-order valence-corrected chi connectivity index (χ2v) is 5.43. The van der Waals surface area contributed by atoms with E-state index in [2.05, 4.69) is 49.5 Å². The van der Waals surface area contributed by atoms with Gasteiger partial charge in [0.2, 0.25) is 0 Å². The Kier molecular flexibility index (Phi) is 8.52. The van der Waals surface area contributed by atoms with E-state index in [1.54, 1.807) is 7.11 Å². The van der Waals surface area contributed by atoms with E-state index in [-0.39, 0.29) is 0 Å². The van der Waals surface area contributed by atoms with E-state index in [4.69, 9.17) is 4.74 Å². The fraction of sp³-hybridized carbons (Fsp3) is 0.647. The van der Waals surface area contributed by atoms with Crippen molar-refractivity contribution in [1.29, 1.82) is 0 Å². The SMILES string of the molecule is CCCC(C)CC(CNCCOC)c1ccccc1. The van der Waals surface area contributed by atoms with Crippen molar-refractivity contribution >= 4 is 0 Å². The molecule has 1 N–H and O–H groups in total. The molecule has 2 atom stereocenters. The predicted molar refractivity (Wildman–Crippen MR) is 82.6 cm³/mol. The highest BCUT2D eigenvalue weighted by molar-refractivity contribution is 5.19. The minimum absolute atomic E-state index is 0.611. The molecule has 0 bridgehead atoms. The van der Waals surface area contributed by atoms with Gasteiger partial charge in [0.25, 0.3) is 0 Å². The molecule has 0 heterocycles. The van der Waals surface area contributed by atoms with E-state index in [0.717, 1.165) is 25.6 Å². The van der Waals surface area contributed by atoms with E-state index in [1.165, 1.54) is 24.8 Å². The molecular formula is C17H29NO. The molecule has 0 aliphatic rings. The molecule has 0 saturated heterocycles. The number of rotatable bonds is 10. The largest absolute Gasteiger partial charge is 0.383 e. The second kappa shape index (κ2) is 9.99. The van der Waals surface area contributed by atoms with Crippen LogP contribution >= 0.6 is 0 Å². The quantitative estimate of drug-likeness (QED) is 0.648. The Balaban J connectivity index is 2.52. The highest BCUT2D eigenvalue weighted by Crippen LogP contribution is 2.25. The lowest BCUT2D eigenvalue weighted by molar-refractivity contribution is 0.198. The first-order chi connectivity index (χ1) is 9.27. The van der Waals surface area contributed by atoms with Crippen molar-refractivity contribution in [2.24, 2.45) is 5.92 Å². The first-order valence-electron chi connectivity index (χ1n) is 7.52. The molecule has 2 nitrogen and oxygen atoms in total. The standard InChI is InChI=1S/C17H29NO/c1-4-8-15(2)13-17(14-18-11-12-19-3)16-9-6-5-7-10-16/h5-7,9-10,15,17-18H,4,8,11-14H2,1-3H3. The van der Waals surface area contributed by atoms with Crippen LogP contribution in [0.2, 0.25) is 0 Å². The molecule has 19 heavy (non-hydrogen) atoms. The van der Waals surface area contributed by atoms with E-state index in [1.807, 2.05) is 0 Å². The summed E-state index contributed by atoms with van der Waals surface area (Å²) in [5.74, 6) is 1.40. The number of nitrogens with one attached hydrogen (secondary N) is 1. The molecule has 0 aliphatic carbocycles. The van der Waals surface area contributed by atoms with Crippen molar-refractivity contribution in [2.45, 2.75) is 39.0 Å². The lowest BCUT2D eigenvalue weighted by Gasteiger charge is -2.22. The molecule has 1 aromatic rings. The van der Waals surface area contributed by atoms with Gasteiger partial charge in [-0.1, -0.05) is 57.0 Å². The van der Waals surface area contributed by atoms with Crippen molar-refractivity contribution in [3.63, 3.8) is 0 Å². The summed E-state index contributed by atoms with van der Waals surface area (Å²) in [6.45, 7) is 7.40. The van der Waals surface area contributed by atoms with Gasteiger partial charge in [0.05, 0.1) is 6.61 Å². The van der Waals surface area contributed by atoms with Gasteiger partial charge < -0.3 is 10.1 Å². The smallest absolute Gasteiger partial charge is 0.0587 e. The van der Waals surface area contributed by atoms with Crippen LogP contribution in [0.25, 0.3) is 0 Å². The van der Waals surface area contributed by atoms with Gasteiger partial charge in [-0.2, -0.15) is 0 Å². The average molecular weight is 263 g/mol. The molecule has 108 valence electrons. The van der Waals surface area contributed by atoms with Crippen molar-refractivity contribution in [1.82, 2.24) is 5.32 Å². The summed E-state index contributed by atoms with van der Waals surface area (Å²) in [4.78, 5) is 0. The van der Waals surface area contributed by atoms with Crippen LogP contribution in [0, 0.1) is 5.92 Å². The first kappa shape index (κ1) is 16.2. The maximum Gasteiger partial charge on any atom is 0.0587 e. The van der Waals surface area contributed by atoms with Crippen LogP contribution < -0.4 is 5.32 Å². The van der Waals surface area contributed by atoms with Crippen LogP contribution in [0.5, 0.6) is 0 Å². The summed E-state index contributed by atoms with van der Waals surface area (Å²) >= 11 is 0. The van der Waals surface area contributed by atoms with Gasteiger partial charge in [-0.05, 0) is 23.8 Å². The Hall–Kier alpha value is -0.860. The molecule has 2 heteroatoms. The summed E-state index contributed by atoms with van der Waals surface area (Å²) in [5.41, 5.74) is 1.45.